The molecule has 1 unspecified atom stereocenters. The molecule has 0 fully saturated rings. The Hall–Kier alpha value is -1.29. The molecular formula is C15H15BrO3. The van der Waals surface area contributed by atoms with Crippen molar-refractivity contribution in [1.82, 2.24) is 0 Å². The number of carbonyl (C=O) groups is 1. The fourth-order valence-electron chi connectivity index (χ4n) is 2.72. The van der Waals surface area contributed by atoms with Crippen molar-refractivity contribution >= 4 is 32.9 Å². The van der Waals surface area contributed by atoms with Crippen molar-refractivity contribution in [3.63, 3.8) is 0 Å². The average molecular weight is 323 g/mol. The van der Waals surface area contributed by atoms with E-state index in [-0.39, 0.29) is 11.9 Å². The molecule has 1 aliphatic carbocycles. The summed E-state index contributed by atoms with van der Waals surface area (Å²) in [7, 11) is 0. The first-order valence-corrected chi connectivity index (χ1v) is 7.34. The van der Waals surface area contributed by atoms with Gasteiger partial charge in [-0.05, 0) is 38.0 Å². The third kappa shape index (κ3) is 2.29. The van der Waals surface area contributed by atoms with Crippen LogP contribution in [0.4, 0.5) is 0 Å². The van der Waals surface area contributed by atoms with E-state index in [1.807, 2.05) is 19.1 Å². The molecule has 1 atom stereocenters. The number of esters is 1. The van der Waals surface area contributed by atoms with Gasteiger partial charge in [-0.25, -0.2) is 0 Å². The highest BCUT2D eigenvalue weighted by molar-refractivity contribution is 9.10. The number of carbonyl (C=O) groups excluding carboxylic acids is 1. The molecule has 4 heteroatoms. The van der Waals surface area contributed by atoms with Crippen molar-refractivity contribution in [2.45, 2.75) is 26.2 Å². The minimum Gasteiger partial charge on any atom is -0.466 e. The smallest absolute Gasteiger partial charge is 0.309 e. The predicted octanol–water partition coefficient (Wildman–Crippen LogP) is 3.86. The number of hydrogen-bond acceptors (Lipinski definition) is 3. The first-order valence-electron chi connectivity index (χ1n) is 6.55. The molecular weight excluding hydrogens is 308 g/mol. The Balaban J connectivity index is 1.93. The number of hydrogen-bond donors (Lipinski definition) is 0. The third-order valence-corrected chi connectivity index (χ3v) is 4.12. The summed E-state index contributed by atoms with van der Waals surface area (Å²) < 4.78 is 12.0. The summed E-state index contributed by atoms with van der Waals surface area (Å²) in [5, 5.41) is 1.16. The summed E-state index contributed by atoms with van der Waals surface area (Å²) in [6.45, 7) is 2.28. The summed E-state index contributed by atoms with van der Waals surface area (Å²) in [4.78, 5) is 11.8. The normalized spacial score (nSPS) is 18.3. The second-order valence-corrected chi connectivity index (χ2v) is 5.75. The van der Waals surface area contributed by atoms with E-state index in [0.717, 1.165) is 34.0 Å². The second-order valence-electron chi connectivity index (χ2n) is 4.84. The van der Waals surface area contributed by atoms with Gasteiger partial charge in [0.2, 0.25) is 0 Å². The van der Waals surface area contributed by atoms with E-state index in [0.29, 0.717) is 13.0 Å². The minimum atomic E-state index is -0.102. The summed E-state index contributed by atoms with van der Waals surface area (Å²) in [6.07, 6.45) is 2.37. The molecule has 0 amide bonds. The second kappa shape index (κ2) is 5.00. The fourth-order valence-corrected chi connectivity index (χ4v) is 3.08. The largest absolute Gasteiger partial charge is 0.466 e. The quantitative estimate of drug-likeness (QED) is 0.788. The van der Waals surface area contributed by atoms with E-state index < -0.39 is 0 Å². The Morgan fingerprint density at radius 3 is 3.16 bits per heavy atom. The van der Waals surface area contributed by atoms with Crippen molar-refractivity contribution in [3.05, 3.63) is 34.0 Å². The first kappa shape index (κ1) is 12.7. The Kier molecular flexibility index (Phi) is 3.35. The number of ether oxygens (including phenoxy) is 1. The minimum absolute atomic E-state index is 0.0588. The fraction of sp³-hybridized carbons (Fsp3) is 0.400. The Labute approximate surface area is 120 Å². The van der Waals surface area contributed by atoms with Crippen LogP contribution in [0.15, 0.2) is 27.1 Å². The van der Waals surface area contributed by atoms with E-state index in [2.05, 4.69) is 22.0 Å². The summed E-state index contributed by atoms with van der Waals surface area (Å²) in [5.41, 5.74) is 2.15. The number of rotatable bonds is 2. The molecule has 3 nitrogen and oxygen atoms in total. The molecule has 0 spiro atoms. The van der Waals surface area contributed by atoms with Crippen LogP contribution in [0.3, 0.4) is 0 Å². The van der Waals surface area contributed by atoms with Gasteiger partial charge in [0.25, 0.3) is 0 Å². The van der Waals surface area contributed by atoms with Crippen LogP contribution in [0, 0.1) is 5.92 Å². The van der Waals surface area contributed by atoms with E-state index >= 15 is 0 Å². The van der Waals surface area contributed by atoms with Crippen LogP contribution in [-0.4, -0.2) is 12.6 Å². The molecule has 1 aliphatic rings. The van der Waals surface area contributed by atoms with E-state index in [4.69, 9.17) is 9.15 Å². The zero-order chi connectivity index (χ0) is 13.4. The molecule has 1 aromatic carbocycles. The molecule has 0 N–H and O–H groups in total. The molecule has 19 heavy (non-hydrogen) atoms. The molecule has 1 heterocycles. The van der Waals surface area contributed by atoms with Crippen LogP contribution in [0.5, 0.6) is 0 Å². The van der Waals surface area contributed by atoms with Gasteiger partial charge in [-0.3, -0.25) is 4.79 Å². The molecule has 0 radical (unpaired) electrons. The van der Waals surface area contributed by atoms with E-state index in [1.54, 1.807) is 0 Å². The van der Waals surface area contributed by atoms with Gasteiger partial charge in [0.05, 0.1) is 12.5 Å². The van der Waals surface area contributed by atoms with E-state index in [9.17, 15) is 4.79 Å². The molecule has 0 bridgehead atoms. The highest BCUT2D eigenvalue weighted by atomic mass is 79.9. The number of fused-ring (bicyclic) bond motifs is 3. The van der Waals surface area contributed by atoms with Crippen LogP contribution in [0.1, 0.15) is 24.7 Å². The lowest BCUT2D eigenvalue weighted by molar-refractivity contribution is -0.148. The Morgan fingerprint density at radius 2 is 2.37 bits per heavy atom. The number of halogens is 1. The standard InChI is InChI=1S/C15H15BrO3/c1-2-18-15(17)9-3-5-11-12-8-10(16)4-6-13(12)19-14(11)7-9/h4,6,8-9H,2-3,5,7H2,1H3. The third-order valence-electron chi connectivity index (χ3n) is 3.63. The SMILES string of the molecule is CCOC(=O)C1CCc2c(oc3ccc(Br)cc23)C1. The van der Waals surface area contributed by atoms with Gasteiger partial charge < -0.3 is 9.15 Å². The molecule has 3 rings (SSSR count). The molecule has 0 aliphatic heterocycles. The van der Waals surface area contributed by atoms with Crippen molar-refractivity contribution in [3.8, 4) is 0 Å². The predicted molar refractivity (Wildman–Crippen MR) is 76.1 cm³/mol. The van der Waals surface area contributed by atoms with Crippen LogP contribution in [0.25, 0.3) is 11.0 Å². The summed E-state index contributed by atoms with van der Waals surface area (Å²) in [6, 6.07) is 6.03. The number of benzene rings is 1. The van der Waals surface area contributed by atoms with Crippen molar-refractivity contribution in [1.29, 1.82) is 0 Å². The van der Waals surface area contributed by atoms with Gasteiger partial charge in [-0.2, -0.15) is 0 Å². The lowest BCUT2D eigenvalue weighted by Gasteiger charge is -2.19. The van der Waals surface area contributed by atoms with Crippen molar-refractivity contribution in [2.75, 3.05) is 6.61 Å². The Bertz CT molecular complexity index is 630. The topological polar surface area (TPSA) is 39.4 Å². The maximum Gasteiger partial charge on any atom is 0.309 e. The van der Waals surface area contributed by atoms with Crippen LogP contribution >= 0.6 is 15.9 Å². The lowest BCUT2D eigenvalue weighted by atomic mass is 9.87. The van der Waals surface area contributed by atoms with E-state index in [1.165, 1.54) is 5.56 Å². The van der Waals surface area contributed by atoms with Gasteiger partial charge in [0, 0.05) is 21.8 Å². The lowest BCUT2D eigenvalue weighted by Crippen LogP contribution is -2.24. The molecule has 0 saturated heterocycles. The van der Waals surface area contributed by atoms with Crippen LogP contribution in [0.2, 0.25) is 0 Å². The number of furan rings is 1. The highest BCUT2D eigenvalue weighted by Crippen LogP contribution is 2.35. The first-order chi connectivity index (χ1) is 9.19. The molecule has 1 aromatic heterocycles. The van der Waals surface area contributed by atoms with Gasteiger partial charge >= 0.3 is 5.97 Å². The van der Waals surface area contributed by atoms with Gasteiger partial charge in [-0.15, -0.1) is 0 Å². The van der Waals surface area contributed by atoms with Gasteiger partial charge in [-0.1, -0.05) is 15.9 Å². The zero-order valence-corrected chi connectivity index (χ0v) is 12.3. The van der Waals surface area contributed by atoms with Crippen LogP contribution in [-0.2, 0) is 22.4 Å². The van der Waals surface area contributed by atoms with Crippen molar-refractivity contribution in [2.24, 2.45) is 5.92 Å². The highest BCUT2D eigenvalue weighted by Gasteiger charge is 2.29. The maximum absolute atomic E-state index is 11.8. The molecule has 2 aromatic rings. The summed E-state index contributed by atoms with van der Waals surface area (Å²) >= 11 is 3.48. The molecule has 0 saturated carbocycles. The monoisotopic (exact) mass is 322 g/mol. The zero-order valence-electron chi connectivity index (χ0n) is 10.7. The maximum atomic E-state index is 11.8. The Morgan fingerprint density at radius 1 is 1.53 bits per heavy atom. The number of aryl methyl sites for hydroxylation is 1. The van der Waals surface area contributed by atoms with Crippen molar-refractivity contribution < 1.29 is 13.9 Å². The summed E-state index contributed by atoms with van der Waals surface area (Å²) in [5.74, 6) is 0.781. The van der Waals surface area contributed by atoms with Gasteiger partial charge in [0.1, 0.15) is 11.3 Å². The van der Waals surface area contributed by atoms with Gasteiger partial charge in [0.15, 0.2) is 0 Å². The molecule has 100 valence electrons. The average Bonchev–Trinajstić information content (AvgIpc) is 2.76. The van der Waals surface area contributed by atoms with Crippen LogP contribution < -0.4 is 0 Å².